The molecular weight excluding hydrogens is 220 g/mol. The van der Waals surface area contributed by atoms with Crippen LogP contribution in [0.25, 0.3) is 0 Å². The normalized spacial score (nSPS) is 11.3. The first kappa shape index (κ1) is 13.5. The van der Waals surface area contributed by atoms with E-state index < -0.39 is 5.97 Å². The van der Waals surface area contributed by atoms with E-state index in [1.54, 1.807) is 6.92 Å². The monoisotopic (exact) mass is 238 g/mol. The molecule has 1 aromatic rings. The minimum absolute atomic E-state index is 0.00523. The van der Waals surface area contributed by atoms with Crippen molar-refractivity contribution in [3.8, 4) is 0 Å². The fourth-order valence-electron chi connectivity index (χ4n) is 1.63. The molecule has 0 aliphatic heterocycles. The number of hydrogen-bond acceptors (Lipinski definition) is 4. The van der Waals surface area contributed by atoms with Crippen molar-refractivity contribution in [2.24, 2.45) is 5.41 Å². The van der Waals surface area contributed by atoms with Crippen molar-refractivity contribution in [3.63, 3.8) is 0 Å². The van der Waals surface area contributed by atoms with Gasteiger partial charge in [0.25, 0.3) is 0 Å². The Labute approximate surface area is 101 Å². The lowest BCUT2D eigenvalue weighted by atomic mass is 9.87. The molecule has 17 heavy (non-hydrogen) atoms. The van der Waals surface area contributed by atoms with Crippen LogP contribution >= 0.6 is 0 Å². The Morgan fingerprint density at radius 2 is 2.12 bits per heavy atom. The van der Waals surface area contributed by atoms with Crippen LogP contribution in [0.5, 0.6) is 0 Å². The maximum atomic E-state index is 11.8. The number of furan rings is 1. The van der Waals surface area contributed by atoms with Crippen molar-refractivity contribution >= 4 is 12.3 Å². The molecule has 0 saturated carbocycles. The van der Waals surface area contributed by atoms with E-state index in [0.29, 0.717) is 12.7 Å². The number of carbonyl (C=O) groups is 2. The molecule has 0 atom stereocenters. The highest BCUT2D eigenvalue weighted by molar-refractivity contribution is 5.98. The van der Waals surface area contributed by atoms with Crippen LogP contribution in [0.15, 0.2) is 10.7 Å². The zero-order valence-corrected chi connectivity index (χ0v) is 10.7. The number of ether oxygens (including phenoxy) is 1. The van der Waals surface area contributed by atoms with Gasteiger partial charge in [0.1, 0.15) is 5.56 Å². The number of carbonyl (C=O) groups excluding carboxylic acids is 2. The molecular formula is C13H18O4. The SMILES string of the molecule is CCOC(=O)c1c(CC(C)(C)C)coc1C=O. The standard InChI is InChI=1S/C13H18O4/c1-5-16-12(15)11-9(6-13(2,3)4)8-17-10(11)7-14/h7-8H,5-6H2,1-4H3. The highest BCUT2D eigenvalue weighted by Crippen LogP contribution is 2.26. The van der Waals surface area contributed by atoms with E-state index in [1.807, 2.05) is 0 Å². The second-order valence-corrected chi connectivity index (χ2v) is 5.08. The van der Waals surface area contributed by atoms with Gasteiger partial charge in [-0.15, -0.1) is 0 Å². The second kappa shape index (κ2) is 5.17. The predicted octanol–water partition coefficient (Wildman–Crippen LogP) is 2.86. The van der Waals surface area contributed by atoms with E-state index in [0.717, 1.165) is 5.56 Å². The van der Waals surface area contributed by atoms with E-state index in [9.17, 15) is 9.59 Å². The molecule has 0 spiro atoms. The Bertz CT molecular complexity index is 410. The van der Waals surface area contributed by atoms with Crippen molar-refractivity contribution in [3.05, 3.63) is 23.2 Å². The van der Waals surface area contributed by atoms with Crippen molar-refractivity contribution < 1.29 is 18.7 Å². The highest BCUT2D eigenvalue weighted by Gasteiger charge is 2.24. The summed E-state index contributed by atoms with van der Waals surface area (Å²) in [6.07, 6.45) is 2.65. The van der Waals surface area contributed by atoms with E-state index >= 15 is 0 Å². The summed E-state index contributed by atoms with van der Waals surface area (Å²) >= 11 is 0. The van der Waals surface area contributed by atoms with E-state index in [-0.39, 0.29) is 23.3 Å². The molecule has 94 valence electrons. The van der Waals surface area contributed by atoms with Gasteiger partial charge in [-0.25, -0.2) is 4.79 Å². The molecule has 0 fully saturated rings. The summed E-state index contributed by atoms with van der Waals surface area (Å²) in [4.78, 5) is 22.6. The smallest absolute Gasteiger partial charge is 0.342 e. The summed E-state index contributed by atoms with van der Waals surface area (Å²) in [6.45, 7) is 8.15. The van der Waals surface area contributed by atoms with Gasteiger partial charge in [0.15, 0.2) is 12.0 Å². The van der Waals surface area contributed by atoms with Gasteiger partial charge in [0, 0.05) is 5.56 Å². The summed E-state index contributed by atoms with van der Waals surface area (Å²) in [5, 5.41) is 0. The number of hydrogen-bond donors (Lipinski definition) is 0. The lowest BCUT2D eigenvalue weighted by molar-refractivity contribution is 0.0521. The Kier molecular flexibility index (Phi) is 4.10. The molecule has 0 aliphatic rings. The minimum atomic E-state index is -0.498. The second-order valence-electron chi connectivity index (χ2n) is 5.08. The molecule has 0 bridgehead atoms. The summed E-state index contributed by atoms with van der Waals surface area (Å²) in [5.74, 6) is -0.453. The van der Waals surface area contributed by atoms with Gasteiger partial charge in [-0.1, -0.05) is 20.8 Å². The van der Waals surface area contributed by atoms with Crippen LogP contribution in [-0.2, 0) is 11.2 Å². The molecule has 0 saturated heterocycles. The van der Waals surface area contributed by atoms with Gasteiger partial charge in [0.05, 0.1) is 12.9 Å². The van der Waals surface area contributed by atoms with Crippen LogP contribution < -0.4 is 0 Å². The third-order valence-electron chi connectivity index (χ3n) is 2.20. The van der Waals surface area contributed by atoms with Gasteiger partial charge in [0.2, 0.25) is 0 Å². The van der Waals surface area contributed by atoms with Crippen LogP contribution in [0.1, 0.15) is 54.2 Å². The first-order chi connectivity index (χ1) is 7.89. The molecule has 0 amide bonds. The summed E-state index contributed by atoms with van der Waals surface area (Å²) in [5.41, 5.74) is 0.987. The third-order valence-corrected chi connectivity index (χ3v) is 2.20. The molecule has 1 rings (SSSR count). The van der Waals surface area contributed by atoms with Crippen LogP contribution in [0.3, 0.4) is 0 Å². The predicted molar refractivity (Wildman–Crippen MR) is 63.2 cm³/mol. The van der Waals surface area contributed by atoms with Gasteiger partial charge < -0.3 is 9.15 Å². The summed E-state index contributed by atoms with van der Waals surface area (Å²) in [6, 6.07) is 0. The molecule has 4 nitrogen and oxygen atoms in total. The fourth-order valence-corrected chi connectivity index (χ4v) is 1.63. The maximum Gasteiger partial charge on any atom is 0.342 e. The van der Waals surface area contributed by atoms with Crippen molar-refractivity contribution in [1.82, 2.24) is 0 Å². The van der Waals surface area contributed by atoms with Crippen molar-refractivity contribution in [2.75, 3.05) is 6.61 Å². The van der Waals surface area contributed by atoms with Crippen LogP contribution in [-0.4, -0.2) is 18.9 Å². The molecule has 1 heterocycles. The van der Waals surface area contributed by atoms with Crippen LogP contribution in [0.2, 0.25) is 0 Å². The van der Waals surface area contributed by atoms with Gasteiger partial charge in [-0.05, 0) is 18.8 Å². The average molecular weight is 238 g/mol. The topological polar surface area (TPSA) is 56.5 Å². The molecule has 1 aromatic heterocycles. The molecule has 0 radical (unpaired) electrons. The van der Waals surface area contributed by atoms with E-state index in [2.05, 4.69) is 20.8 Å². The average Bonchev–Trinajstić information content (AvgIpc) is 2.58. The van der Waals surface area contributed by atoms with Crippen molar-refractivity contribution in [1.29, 1.82) is 0 Å². The molecule has 0 aromatic carbocycles. The number of aldehydes is 1. The van der Waals surface area contributed by atoms with Crippen LogP contribution in [0, 0.1) is 5.41 Å². The molecule has 4 heteroatoms. The largest absolute Gasteiger partial charge is 0.462 e. The van der Waals surface area contributed by atoms with Crippen molar-refractivity contribution in [2.45, 2.75) is 34.1 Å². The summed E-state index contributed by atoms with van der Waals surface area (Å²) < 4.78 is 10.0. The van der Waals surface area contributed by atoms with Gasteiger partial charge in [-0.3, -0.25) is 4.79 Å². The zero-order valence-electron chi connectivity index (χ0n) is 10.7. The number of esters is 1. The van der Waals surface area contributed by atoms with E-state index in [4.69, 9.17) is 9.15 Å². The Morgan fingerprint density at radius 3 is 2.59 bits per heavy atom. The molecule has 0 unspecified atom stereocenters. The van der Waals surface area contributed by atoms with Gasteiger partial charge in [-0.2, -0.15) is 0 Å². The molecule has 0 aliphatic carbocycles. The third kappa shape index (κ3) is 3.44. The Hall–Kier alpha value is -1.58. The van der Waals surface area contributed by atoms with E-state index in [1.165, 1.54) is 6.26 Å². The Morgan fingerprint density at radius 1 is 1.47 bits per heavy atom. The zero-order chi connectivity index (χ0) is 13.1. The summed E-state index contributed by atoms with van der Waals surface area (Å²) in [7, 11) is 0. The van der Waals surface area contributed by atoms with Gasteiger partial charge >= 0.3 is 5.97 Å². The fraction of sp³-hybridized carbons (Fsp3) is 0.538. The minimum Gasteiger partial charge on any atom is -0.462 e. The lowest BCUT2D eigenvalue weighted by Crippen LogP contribution is -2.14. The van der Waals surface area contributed by atoms with Crippen LogP contribution in [0.4, 0.5) is 0 Å². The first-order valence-corrected chi connectivity index (χ1v) is 5.61. The Balaban J connectivity index is 3.10. The highest BCUT2D eigenvalue weighted by atomic mass is 16.5. The lowest BCUT2D eigenvalue weighted by Gasteiger charge is -2.17. The maximum absolute atomic E-state index is 11.8. The quantitative estimate of drug-likeness (QED) is 0.598. The molecule has 0 N–H and O–H groups in total. The number of rotatable bonds is 4. The first-order valence-electron chi connectivity index (χ1n) is 5.61.